The van der Waals surface area contributed by atoms with E-state index in [1.807, 2.05) is 4.90 Å². The normalized spacial score (nSPS) is 33.4. The van der Waals surface area contributed by atoms with Crippen LogP contribution < -0.4 is 5.73 Å². The Morgan fingerprint density at radius 1 is 1.32 bits per heavy atom. The highest BCUT2D eigenvalue weighted by atomic mass is 16.2. The van der Waals surface area contributed by atoms with Gasteiger partial charge in [-0.3, -0.25) is 9.69 Å². The second-order valence-electron chi connectivity index (χ2n) is 6.49. The smallest absolute Gasteiger partial charge is 0.242 e. The summed E-state index contributed by atoms with van der Waals surface area (Å²) in [6.07, 6.45) is 5.23. The summed E-state index contributed by atoms with van der Waals surface area (Å²) in [5.74, 6) is 0.791. The first kappa shape index (κ1) is 14.8. The van der Waals surface area contributed by atoms with Crippen molar-refractivity contribution in [2.24, 2.45) is 11.7 Å². The van der Waals surface area contributed by atoms with Gasteiger partial charge in [0.25, 0.3) is 0 Å². The molecule has 0 aromatic carbocycles. The van der Waals surface area contributed by atoms with E-state index in [0.29, 0.717) is 5.92 Å². The molecule has 2 aliphatic rings. The number of carbonyl (C=O) groups is 1. The molecule has 1 amide bonds. The van der Waals surface area contributed by atoms with Crippen LogP contribution in [0.4, 0.5) is 0 Å². The molecule has 110 valence electrons. The third-order valence-electron chi connectivity index (χ3n) is 4.66. The highest BCUT2D eigenvalue weighted by molar-refractivity contribution is 5.86. The van der Waals surface area contributed by atoms with Crippen LogP contribution in [0.15, 0.2) is 0 Å². The molecule has 2 N–H and O–H groups in total. The van der Waals surface area contributed by atoms with E-state index >= 15 is 0 Å². The first-order chi connectivity index (χ1) is 9.05. The van der Waals surface area contributed by atoms with Crippen LogP contribution in [0, 0.1) is 5.92 Å². The molecule has 2 unspecified atom stereocenters. The SMILES string of the molecule is CCCN1CCN(C(=O)C2(N)CCCC(C)C2)CC1. The second-order valence-corrected chi connectivity index (χ2v) is 6.49. The first-order valence-corrected chi connectivity index (χ1v) is 7.86. The monoisotopic (exact) mass is 267 g/mol. The Labute approximate surface area is 117 Å². The van der Waals surface area contributed by atoms with Crippen LogP contribution in [0.5, 0.6) is 0 Å². The molecule has 0 aromatic rings. The van der Waals surface area contributed by atoms with Crippen molar-refractivity contribution in [3.05, 3.63) is 0 Å². The lowest BCUT2D eigenvalue weighted by Gasteiger charge is -2.42. The lowest BCUT2D eigenvalue weighted by atomic mass is 9.76. The largest absolute Gasteiger partial charge is 0.339 e. The molecule has 1 aliphatic carbocycles. The minimum Gasteiger partial charge on any atom is -0.339 e. The molecular formula is C15H29N3O. The Morgan fingerprint density at radius 2 is 2.00 bits per heavy atom. The summed E-state index contributed by atoms with van der Waals surface area (Å²) in [5.41, 5.74) is 5.83. The number of nitrogens with two attached hydrogens (primary N) is 1. The molecule has 1 heterocycles. The topological polar surface area (TPSA) is 49.6 Å². The Balaban J connectivity index is 1.90. The molecule has 1 saturated carbocycles. The Hall–Kier alpha value is -0.610. The molecular weight excluding hydrogens is 238 g/mol. The third-order valence-corrected chi connectivity index (χ3v) is 4.66. The van der Waals surface area contributed by atoms with Gasteiger partial charge in [-0.25, -0.2) is 0 Å². The molecule has 2 rings (SSSR count). The van der Waals surface area contributed by atoms with E-state index in [4.69, 9.17) is 5.73 Å². The lowest BCUT2D eigenvalue weighted by Crippen LogP contribution is -2.60. The number of piperazine rings is 1. The Bertz CT molecular complexity index is 313. The zero-order chi connectivity index (χ0) is 13.9. The van der Waals surface area contributed by atoms with Crippen LogP contribution in [0.25, 0.3) is 0 Å². The number of carbonyl (C=O) groups excluding carboxylic acids is 1. The van der Waals surface area contributed by atoms with Gasteiger partial charge in [-0.2, -0.15) is 0 Å². The van der Waals surface area contributed by atoms with Gasteiger partial charge in [-0.05, 0) is 31.7 Å². The van der Waals surface area contributed by atoms with Gasteiger partial charge in [0.15, 0.2) is 0 Å². The van der Waals surface area contributed by atoms with E-state index in [0.717, 1.165) is 52.0 Å². The van der Waals surface area contributed by atoms with Crippen molar-refractivity contribution in [3.63, 3.8) is 0 Å². The maximum Gasteiger partial charge on any atom is 0.242 e. The average Bonchev–Trinajstić information content (AvgIpc) is 2.39. The fourth-order valence-electron chi connectivity index (χ4n) is 3.59. The molecule has 0 radical (unpaired) electrons. The summed E-state index contributed by atoms with van der Waals surface area (Å²) in [6.45, 7) is 9.28. The van der Waals surface area contributed by atoms with E-state index < -0.39 is 5.54 Å². The van der Waals surface area contributed by atoms with E-state index in [2.05, 4.69) is 18.7 Å². The van der Waals surface area contributed by atoms with Crippen molar-refractivity contribution in [1.82, 2.24) is 9.80 Å². The van der Waals surface area contributed by atoms with Gasteiger partial charge in [0, 0.05) is 26.2 Å². The molecule has 2 atom stereocenters. The van der Waals surface area contributed by atoms with Crippen molar-refractivity contribution in [1.29, 1.82) is 0 Å². The van der Waals surface area contributed by atoms with Crippen molar-refractivity contribution in [2.45, 2.75) is 51.5 Å². The molecule has 4 heteroatoms. The molecule has 2 fully saturated rings. The first-order valence-electron chi connectivity index (χ1n) is 7.86. The predicted molar refractivity (Wildman–Crippen MR) is 77.9 cm³/mol. The van der Waals surface area contributed by atoms with Gasteiger partial charge in [0.05, 0.1) is 5.54 Å². The van der Waals surface area contributed by atoms with Gasteiger partial charge in [-0.15, -0.1) is 0 Å². The van der Waals surface area contributed by atoms with Gasteiger partial charge in [0.2, 0.25) is 5.91 Å². The molecule has 0 bridgehead atoms. The number of amides is 1. The van der Waals surface area contributed by atoms with Crippen molar-refractivity contribution >= 4 is 5.91 Å². The Kier molecular flexibility index (Phi) is 4.85. The number of hydrogen-bond donors (Lipinski definition) is 1. The van der Waals surface area contributed by atoms with Crippen LogP contribution >= 0.6 is 0 Å². The molecule has 0 spiro atoms. The van der Waals surface area contributed by atoms with E-state index in [-0.39, 0.29) is 5.91 Å². The molecule has 4 nitrogen and oxygen atoms in total. The lowest BCUT2D eigenvalue weighted by molar-refractivity contribution is -0.140. The molecule has 1 saturated heterocycles. The zero-order valence-corrected chi connectivity index (χ0v) is 12.5. The standard InChI is InChI=1S/C15H29N3O/c1-3-7-17-8-10-18(11-9-17)14(19)15(16)6-4-5-13(2)12-15/h13H,3-12,16H2,1-2H3. The van der Waals surface area contributed by atoms with Crippen LogP contribution in [0.1, 0.15) is 46.0 Å². The zero-order valence-electron chi connectivity index (χ0n) is 12.5. The number of hydrogen-bond acceptors (Lipinski definition) is 3. The summed E-state index contributed by atoms with van der Waals surface area (Å²) in [4.78, 5) is 17.1. The average molecular weight is 267 g/mol. The highest BCUT2D eigenvalue weighted by Crippen LogP contribution is 2.32. The number of rotatable bonds is 3. The fraction of sp³-hybridized carbons (Fsp3) is 0.933. The Morgan fingerprint density at radius 3 is 2.58 bits per heavy atom. The summed E-state index contributed by atoms with van der Waals surface area (Å²) in [6, 6.07) is 0. The fourth-order valence-corrected chi connectivity index (χ4v) is 3.59. The second kappa shape index (κ2) is 6.23. The van der Waals surface area contributed by atoms with E-state index in [9.17, 15) is 4.79 Å². The molecule has 0 aromatic heterocycles. The van der Waals surface area contributed by atoms with E-state index in [1.165, 1.54) is 12.8 Å². The minimum atomic E-state index is -0.579. The maximum atomic E-state index is 12.7. The van der Waals surface area contributed by atoms with Crippen LogP contribution in [-0.2, 0) is 4.79 Å². The highest BCUT2D eigenvalue weighted by Gasteiger charge is 2.41. The van der Waals surface area contributed by atoms with Crippen LogP contribution in [0.2, 0.25) is 0 Å². The van der Waals surface area contributed by atoms with Crippen molar-refractivity contribution in [2.75, 3.05) is 32.7 Å². The quantitative estimate of drug-likeness (QED) is 0.842. The van der Waals surface area contributed by atoms with Crippen LogP contribution in [0.3, 0.4) is 0 Å². The van der Waals surface area contributed by atoms with Crippen molar-refractivity contribution < 1.29 is 4.79 Å². The molecule has 19 heavy (non-hydrogen) atoms. The predicted octanol–water partition coefficient (Wildman–Crippen LogP) is 1.45. The summed E-state index contributed by atoms with van der Waals surface area (Å²) >= 11 is 0. The third kappa shape index (κ3) is 3.48. The van der Waals surface area contributed by atoms with Crippen molar-refractivity contribution in [3.8, 4) is 0 Å². The summed E-state index contributed by atoms with van der Waals surface area (Å²) < 4.78 is 0. The minimum absolute atomic E-state index is 0.204. The van der Waals surface area contributed by atoms with E-state index in [1.54, 1.807) is 0 Å². The van der Waals surface area contributed by atoms with Gasteiger partial charge in [-0.1, -0.05) is 26.7 Å². The summed E-state index contributed by atoms with van der Waals surface area (Å²) in [7, 11) is 0. The maximum absolute atomic E-state index is 12.7. The van der Waals surface area contributed by atoms with Gasteiger partial charge >= 0.3 is 0 Å². The van der Waals surface area contributed by atoms with Gasteiger partial charge < -0.3 is 10.6 Å². The summed E-state index contributed by atoms with van der Waals surface area (Å²) in [5, 5.41) is 0. The number of nitrogens with zero attached hydrogens (tertiary/aromatic N) is 2. The van der Waals surface area contributed by atoms with Gasteiger partial charge in [0.1, 0.15) is 0 Å². The van der Waals surface area contributed by atoms with Crippen LogP contribution in [-0.4, -0.2) is 54.0 Å². The molecule has 1 aliphatic heterocycles.